The van der Waals surface area contributed by atoms with E-state index in [2.05, 4.69) is 17.2 Å². The monoisotopic (exact) mass is 379 g/mol. The first-order valence-corrected chi connectivity index (χ1v) is 9.29. The number of para-hydroxylation sites is 2. The lowest BCUT2D eigenvalue weighted by Gasteiger charge is -2.18. The summed E-state index contributed by atoms with van der Waals surface area (Å²) in [7, 11) is 0. The molecule has 0 saturated carbocycles. The van der Waals surface area contributed by atoms with Gasteiger partial charge in [-0.15, -0.1) is 0 Å². The van der Waals surface area contributed by atoms with Crippen LogP contribution in [0.2, 0.25) is 0 Å². The lowest BCUT2D eigenvalue weighted by Crippen LogP contribution is -2.29. The molecule has 0 atom stereocenters. The third-order valence-electron chi connectivity index (χ3n) is 4.31. The Morgan fingerprint density at radius 1 is 1.11 bits per heavy atom. The van der Waals surface area contributed by atoms with Gasteiger partial charge >= 0.3 is 0 Å². The highest BCUT2D eigenvalue weighted by Gasteiger charge is 2.32. The topological polar surface area (TPSA) is 56.8 Å². The lowest BCUT2D eigenvalue weighted by atomic mass is 10.0. The van der Waals surface area contributed by atoms with Crippen molar-refractivity contribution in [2.45, 2.75) is 32.8 Å². The van der Waals surface area contributed by atoms with Crippen molar-refractivity contribution in [1.82, 2.24) is 5.32 Å². The SMILES string of the molecule is Cc1ccccc1OCC#CCNC(=O)COc1cccc2c1OC(C)(C)C2. The molecule has 1 aliphatic heterocycles. The predicted molar refractivity (Wildman–Crippen MR) is 108 cm³/mol. The Bertz CT molecular complexity index is 908. The Balaban J connectivity index is 1.40. The third kappa shape index (κ3) is 5.20. The second-order valence-corrected chi connectivity index (χ2v) is 7.26. The van der Waals surface area contributed by atoms with Crippen LogP contribution in [0.5, 0.6) is 17.2 Å². The molecule has 3 rings (SSSR count). The highest BCUT2D eigenvalue weighted by atomic mass is 16.5. The molecule has 0 saturated heterocycles. The van der Waals surface area contributed by atoms with E-state index in [9.17, 15) is 4.79 Å². The van der Waals surface area contributed by atoms with E-state index in [-0.39, 0.29) is 31.3 Å². The minimum Gasteiger partial charge on any atom is -0.483 e. The molecule has 1 heterocycles. The van der Waals surface area contributed by atoms with Gasteiger partial charge in [0.2, 0.25) is 0 Å². The molecule has 0 aliphatic carbocycles. The van der Waals surface area contributed by atoms with Gasteiger partial charge in [-0.25, -0.2) is 0 Å². The van der Waals surface area contributed by atoms with Gasteiger partial charge in [-0.3, -0.25) is 4.79 Å². The maximum absolute atomic E-state index is 12.0. The molecule has 0 bridgehead atoms. The first-order chi connectivity index (χ1) is 13.4. The Hall–Kier alpha value is -3.13. The highest BCUT2D eigenvalue weighted by molar-refractivity contribution is 5.77. The van der Waals surface area contributed by atoms with E-state index in [0.717, 1.165) is 29.0 Å². The smallest absolute Gasteiger partial charge is 0.258 e. The van der Waals surface area contributed by atoms with Gasteiger partial charge in [-0.2, -0.15) is 0 Å². The van der Waals surface area contributed by atoms with Gasteiger partial charge in [0.15, 0.2) is 18.1 Å². The van der Waals surface area contributed by atoms with Gasteiger partial charge in [0.25, 0.3) is 5.91 Å². The molecule has 146 valence electrons. The van der Waals surface area contributed by atoms with Crippen molar-refractivity contribution >= 4 is 5.91 Å². The van der Waals surface area contributed by atoms with E-state index < -0.39 is 0 Å². The summed E-state index contributed by atoms with van der Waals surface area (Å²) in [6, 6.07) is 13.5. The fraction of sp³-hybridized carbons (Fsp3) is 0.348. The number of carbonyl (C=O) groups is 1. The molecule has 0 fully saturated rings. The number of rotatable bonds is 6. The second-order valence-electron chi connectivity index (χ2n) is 7.26. The molecule has 0 radical (unpaired) electrons. The van der Waals surface area contributed by atoms with Gasteiger partial charge in [-0.1, -0.05) is 42.2 Å². The van der Waals surface area contributed by atoms with Crippen LogP contribution >= 0.6 is 0 Å². The van der Waals surface area contributed by atoms with Gasteiger partial charge in [0.1, 0.15) is 18.0 Å². The zero-order valence-electron chi connectivity index (χ0n) is 16.5. The van der Waals surface area contributed by atoms with E-state index in [4.69, 9.17) is 14.2 Å². The summed E-state index contributed by atoms with van der Waals surface area (Å²) in [6.07, 6.45) is 0.825. The maximum atomic E-state index is 12.0. The average molecular weight is 379 g/mol. The standard InChI is InChI=1S/C23H25NO4/c1-17-9-4-5-11-19(17)26-14-7-6-13-24-21(25)16-27-20-12-8-10-18-15-23(2,3)28-22(18)20/h4-5,8-12H,13-16H2,1-3H3,(H,24,25). The molecule has 1 amide bonds. The van der Waals surface area contributed by atoms with E-state index in [1.165, 1.54) is 0 Å². The van der Waals surface area contributed by atoms with Gasteiger partial charge in [0.05, 0.1) is 6.54 Å². The van der Waals surface area contributed by atoms with Crippen LogP contribution in [0.1, 0.15) is 25.0 Å². The van der Waals surface area contributed by atoms with Crippen LogP contribution in [-0.2, 0) is 11.2 Å². The number of benzene rings is 2. The summed E-state index contributed by atoms with van der Waals surface area (Å²) in [5, 5.41) is 2.71. The van der Waals surface area contributed by atoms with Crippen LogP contribution in [0.4, 0.5) is 0 Å². The molecular formula is C23H25NO4. The number of carbonyl (C=O) groups excluding carboxylic acids is 1. The lowest BCUT2D eigenvalue weighted by molar-refractivity contribution is -0.122. The molecule has 28 heavy (non-hydrogen) atoms. The Morgan fingerprint density at radius 2 is 1.89 bits per heavy atom. The molecule has 5 nitrogen and oxygen atoms in total. The van der Waals surface area contributed by atoms with Crippen LogP contribution in [0, 0.1) is 18.8 Å². The van der Waals surface area contributed by atoms with E-state index in [1.807, 2.05) is 63.2 Å². The van der Waals surface area contributed by atoms with Crippen LogP contribution in [0.15, 0.2) is 42.5 Å². The van der Waals surface area contributed by atoms with Crippen molar-refractivity contribution in [2.75, 3.05) is 19.8 Å². The van der Waals surface area contributed by atoms with Crippen molar-refractivity contribution in [3.63, 3.8) is 0 Å². The van der Waals surface area contributed by atoms with E-state index in [1.54, 1.807) is 0 Å². The van der Waals surface area contributed by atoms with E-state index >= 15 is 0 Å². The first kappa shape index (κ1) is 19.6. The summed E-state index contributed by atoms with van der Waals surface area (Å²) in [4.78, 5) is 12.0. The number of amides is 1. The largest absolute Gasteiger partial charge is 0.483 e. The first-order valence-electron chi connectivity index (χ1n) is 9.29. The van der Waals surface area contributed by atoms with Gasteiger partial charge in [0, 0.05) is 12.0 Å². The summed E-state index contributed by atoms with van der Waals surface area (Å²) in [5.74, 6) is 7.66. The van der Waals surface area contributed by atoms with Crippen molar-refractivity contribution in [1.29, 1.82) is 0 Å². The Morgan fingerprint density at radius 3 is 2.71 bits per heavy atom. The Kier molecular flexibility index (Phi) is 6.10. The summed E-state index contributed by atoms with van der Waals surface area (Å²) in [5.41, 5.74) is 1.91. The molecule has 0 spiro atoms. The van der Waals surface area contributed by atoms with Crippen molar-refractivity contribution < 1.29 is 19.0 Å². The van der Waals surface area contributed by atoms with Gasteiger partial charge < -0.3 is 19.5 Å². The quantitative estimate of drug-likeness (QED) is 0.783. The normalized spacial score (nSPS) is 13.5. The number of hydrogen-bond acceptors (Lipinski definition) is 4. The summed E-state index contributed by atoms with van der Waals surface area (Å²) in [6.45, 7) is 6.49. The zero-order valence-corrected chi connectivity index (χ0v) is 16.5. The Labute approximate surface area is 166 Å². The molecular weight excluding hydrogens is 354 g/mol. The number of ether oxygens (including phenoxy) is 3. The minimum atomic E-state index is -0.250. The molecule has 0 unspecified atom stereocenters. The zero-order chi connectivity index (χ0) is 20.0. The molecule has 2 aromatic carbocycles. The summed E-state index contributed by atoms with van der Waals surface area (Å²) < 4.78 is 17.2. The maximum Gasteiger partial charge on any atom is 0.258 e. The number of nitrogens with one attached hydrogen (secondary N) is 1. The van der Waals surface area contributed by atoms with Crippen molar-refractivity contribution in [3.05, 3.63) is 53.6 Å². The van der Waals surface area contributed by atoms with Crippen molar-refractivity contribution in [3.8, 4) is 29.1 Å². The highest BCUT2D eigenvalue weighted by Crippen LogP contribution is 2.41. The number of hydrogen-bond donors (Lipinski definition) is 1. The second kappa shape index (κ2) is 8.71. The van der Waals surface area contributed by atoms with Crippen LogP contribution < -0.4 is 19.5 Å². The molecule has 1 aliphatic rings. The fourth-order valence-electron chi connectivity index (χ4n) is 2.98. The predicted octanol–water partition coefficient (Wildman–Crippen LogP) is 3.29. The molecule has 5 heteroatoms. The van der Waals surface area contributed by atoms with Crippen LogP contribution in [0.3, 0.4) is 0 Å². The van der Waals surface area contributed by atoms with Crippen LogP contribution in [0.25, 0.3) is 0 Å². The fourth-order valence-corrected chi connectivity index (χ4v) is 2.98. The number of fused-ring (bicyclic) bond motifs is 1. The summed E-state index contributed by atoms with van der Waals surface area (Å²) >= 11 is 0. The van der Waals surface area contributed by atoms with Crippen LogP contribution in [-0.4, -0.2) is 31.3 Å². The number of aryl methyl sites for hydroxylation is 1. The molecule has 0 aromatic heterocycles. The molecule has 1 N–H and O–H groups in total. The minimum absolute atomic E-state index is 0.0817. The van der Waals surface area contributed by atoms with Gasteiger partial charge in [-0.05, 0) is 38.5 Å². The average Bonchev–Trinajstić information content (AvgIpc) is 2.98. The van der Waals surface area contributed by atoms with E-state index in [0.29, 0.717) is 5.75 Å². The van der Waals surface area contributed by atoms with Crippen molar-refractivity contribution in [2.24, 2.45) is 0 Å². The third-order valence-corrected chi connectivity index (χ3v) is 4.31. The molecule has 2 aromatic rings.